The molecule has 0 heterocycles. The number of ether oxygens (including phenoxy) is 1. The van der Waals surface area contributed by atoms with Gasteiger partial charge in [0.25, 0.3) is 0 Å². The summed E-state index contributed by atoms with van der Waals surface area (Å²) in [5, 5.41) is 0.469. The molecule has 94 valence electrons. The molecule has 1 aromatic rings. The van der Waals surface area contributed by atoms with Crippen LogP contribution in [0.5, 0.6) is 0 Å². The van der Waals surface area contributed by atoms with E-state index in [1.54, 1.807) is 0 Å². The SMILES string of the molecule is CC(=O)OC(C)CS(=O)(=O)c1ccc(Cl)cc1. The summed E-state index contributed by atoms with van der Waals surface area (Å²) in [6, 6.07) is 5.87. The number of rotatable bonds is 4. The Labute approximate surface area is 105 Å². The molecule has 4 nitrogen and oxygen atoms in total. The van der Waals surface area contributed by atoms with Gasteiger partial charge in [-0.2, -0.15) is 0 Å². The fraction of sp³-hybridized carbons (Fsp3) is 0.364. The zero-order valence-corrected chi connectivity index (χ0v) is 11.1. The highest BCUT2D eigenvalue weighted by Crippen LogP contribution is 2.16. The summed E-state index contributed by atoms with van der Waals surface area (Å²) in [4.78, 5) is 10.9. The van der Waals surface area contributed by atoms with Crippen molar-refractivity contribution in [2.75, 3.05) is 5.75 Å². The largest absolute Gasteiger partial charge is 0.462 e. The molecule has 0 aliphatic carbocycles. The number of esters is 1. The fourth-order valence-corrected chi connectivity index (χ4v) is 2.92. The van der Waals surface area contributed by atoms with Crippen LogP contribution in [0.1, 0.15) is 13.8 Å². The van der Waals surface area contributed by atoms with Crippen LogP contribution in [0, 0.1) is 0 Å². The van der Waals surface area contributed by atoms with Crippen LogP contribution in [0.25, 0.3) is 0 Å². The van der Waals surface area contributed by atoms with Gasteiger partial charge in [0.2, 0.25) is 0 Å². The lowest BCUT2D eigenvalue weighted by atomic mass is 10.4. The Morgan fingerprint density at radius 3 is 2.35 bits per heavy atom. The summed E-state index contributed by atoms with van der Waals surface area (Å²) in [6.07, 6.45) is -0.673. The van der Waals surface area contributed by atoms with E-state index in [2.05, 4.69) is 0 Å². The summed E-state index contributed by atoms with van der Waals surface area (Å²) in [5.74, 6) is -0.738. The molecule has 1 aromatic carbocycles. The highest BCUT2D eigenvalue weighted by atomic mass is 35.5. The van der Waals surface area contributed by atoms with E-state index in [0.29, 0.717) is 5.02 Å². The second kappa shape index (κ2) is 5.51. The Hall–Kier alpha value is -1.07. The van der Waals surface area contributed by atoms with E-state index in [1.165, 1.54) is 38.1 Å². The van der Waals surface area contributed by atoms with E-state index in [1.807, 2.05) is 0 Å². The number of hydrogen-bond donors (Lipinski definition) is 0. The average molecular weight is 277 g/mol. The highest BCUT2D eigenvalue weighted by Gasteiger charge is 2.20. The molecule has 0 aliphatic heterocycles. The summed E-state index contributed by atoms with van der Waals surface area (Å²) >= 11 is 5.67. The first-order chi connectivity index (χ1) is 7.81. The van der Waals surface area contributed by atoms with Crippen molar-refractivity contribution in [3.8, 4) is 0 Å². The Kier molecular flexibility index (Phi) is 4.54. The van der Waals surface area contributed by atoms with Gasteiger partial charge < -0.3 is 4.74 Å². The molecule has 1 atom stereocenters. The molecule has 0 aromatic heterocycles. The predicted octanol–water partition coefficient (Wildman–Crippen LogP) is 2.07. The first-order valence-electron chi connectivity index (χ1n) is 4.97. The third kappa shape index (κ3) is 4.36. The number of carbonyl (C=O) groups excluding carboxylic acids is 1. The average Bonchev–Trinajstić information content (AvgIpc) is 2.15. The molecule has 17 heavy (non-hydrogen) atoms. The molecule has 0 aliphatic rings. The van der Waals surface area contributed by atoms with Crippen LogP contribution in [0.3, 0.4) is 0 Å². The maximum atomic E-state index is 11.9. The van der Waals surface area contributed by atoms with Crippen LogP contribution in [0.4, 0.5) is 0 Å². The minimum Gasteiger partial charge on any atom is -0.462 e. The van der Waals surface area contributed by atoms with Crippen LogP contribution in [0.15, 0.2) is 29.2 Å². The summed E-state index contributed by atoms with van der Waals surface area (Å²) in [5.41, 5.74) is 0. The van der Waals surface area contributed by atoms with E-state index in [9.17, 15) is 13.2 Å². The Balaban J connectivity index is 2.82. The summed E-state index contributed by atoms with van der Waals surface area (Å²) in [6.45, 7) is 2.78. The Bertz CT molecular complexity index is 493. The lowest BCUT2D eigenvalue weighted by Gasteiger charge is -2.12. The van der Waals surface area contributed by atoms with Gasteiger partial charge in [-0.1, -0.05) is 11.6 Å². The van der Waals surface area contributed by atoms with Crippen molar-refractivity contribution in [2.45, 2.75) is 24.8 Å². The fourth-order valence-electron chi connectivity index (χ4n) is 1.36. The molecule has 0 saturated carbocycles. The van der Waals surface area contributed by atoms with Crippen molar-refractivity contribution in [3.05, 3.63) is 29.3 Å². The second-order valence-corrected chi connectivity index (χ2v) is 6.13. The number of sulfone groups is 1. The van der Waals surface area contributed by atoms with Gasteiger partial charge in [0, 0.05) is 11.9 Å². The van der Waals surface area contributed by atoms with Crippen molar-refractivity contribution in [3.63, 3.8) is 0 Å². The molecule has 0 saturated heterocycles. The van der Waals surface area contributed by atoms with Gasteiger partial charge in [-0.3, -0.25) is 4.79 Å². The van der Waals surface area contributed by atoms with E-state index >= 15 is 0 Å². The molecular weight excluding hydrogens is 264 g/mol. The normalized spacial score (nSPS) is 13.1. The molecule has 0 N–H and O–H groups in total. The van der Waals surface area contributed by atoms with Gasteiger partial charge in [0.1, 0.15) is 6.10 Å². The lowest BCUT2D eigenvalue weighted by molar-refractivity contribution is -0.144. The molecule has 0 fully saturated rings. The van der Waals surface area contributed by atoms with Crippen LogP contribution in [-0.4, -0.2) is 26.2 Å². The smallest absolute Gasteiger partial charge is 0.302 e. The monoisotopic (exact) mass is 276 g/mol. The lowest BCUT2D eigenvalue weighted by Crippen LogP contribution is -2.23. The number of benzene rings is 1. The summed E-state index contributed by atoms with van der Waals surface area (Å²) in [7, 11) is -3.46. The van der Waals surface area contributed by atoms with Crippen LogP contribution < -0.4 is 0 Å². The molecule has 0 spiro atoms. The third-order valence-corrected chi connectivity index (χ3v) is 4.14. The van der Waals surface area contributed by atoms with E-state index in [4.69, 9.17) is 16.3 Å². The van der Waals surface area contributed by atoms with Gasteiger partial charge in [0.15, 0.2) is 9.84 Å². The van der Waals surface area contributed by atoms with Crippen molar-refractivity contribution in [1.29, 1.82) is 0 Å². The van der Waals surface area contributed by atoms with E-state index in [0.717, 1.165) is 0 Å². The molecule has 6 heteroatoms. The van der Waals surface area contributed by atoms with Crippen LogP contribution >= 0.6 is 11.6 Å². The zero-order valence-electron chi connectivity index (χ0n) is 9.51. The molecule has 1 unspecified atom stereocenters. The number of halogens is 1. The molecular formula is C11H13ClO4S. The van der Waals surface area contributed by atoms with E-state index in [-0.39, 0.29) is 10.6 Å². The number of hydrogen-bond acceptors (Lipinski definition) is 4. The first-order valence-corrected chi connectivity index (χ1v) is 7.00. The predicted molar refractivity (Wildman–Crippen MR) is 64.7 cm³/mol. The third-order valence-electron chi connectivity index (χ3n) is 1.99. The molecule has 0 radical (unpaired) electrons. The van der Waals surface area contributed by atoms with Crippen molar-refractivity contribution < 1.29 is 17.9 Å². The van der Waals surface area contributed by atoms with Crippen molar-refractivity contribution >= 4 is 27.4 Å². The molecule has 0 amide bonds. The molecule has 1 rings (SSSR count). The van der Waals surface area contributed by atoms with Crippen molar-refractivity contribution in [1.82, 2.24) is 0 Å². The minimum atomic E-state index is -3.46. The van der Waals surface area contributed by atoms with Gasteiger partial charge in [0.05, 0.1) is 10.6 Å². The summed E-state index contributed by atoms with van der Waals surface area (Å²) < 4.78 is 28.6. The van der Waals surface area contributed by atoms with Gasteiger partial charge in [-0.05, 0) is 31.2 Å². The van der Waals surface area contributed by atoms with Crippen LogP contribution in [-0.2, 0) is 19.4 Å². The second-order valence-electron chi connectivity index (χ2n) is 3.66. The van der Waals surface area contributed by atoms with Gasteiger partial charge in [-0.25, -0.2) is 8.42 Å². The zero-order chi connectivity index (χ0) is 13.1. The molecule has 0 bridgehead atoms. The Morgan fingerprint density at radius 1 is 1.35 bits per heavy atom. The van der Waals surface area contributed by atoms with Crippen molar-refractivity contribution in [2.24, 2.45) is 0 Å². The first kappa shape index (κ1) is 14.0. The van der Waals surface area contributed by atoms with Gasteiger partial charge >= 0.3 is 5.97 Å². The minimum absolute atomic E-state index is 0.168. The Morgan fingerprint density at radius 2 is 1.88 bits per heavy atom. The maximum Gasteiger partial charge on any atom is 0.302 e. The standard InChI is InChI=1S/C11H13ClO4S/c1-8(16-9(2)13)7-17(14,15)11-5-3-10(12)4-6-11/h3-6,8H,7H2,1-2H3. The van der Waals surface area contributed by atoms with E-state index < -0.39 is 21.9 Å². The van der Waals surface area contributed by atoms with Crippen LogP contribution in [0.2, 0.25) is 5.02 Å². The maximum absolute atomic E-state index is 11.9. The number of carbonyl (C=O) groups is 1. The highest BCUT2D eigenvalue weighted by molar-refractivity contribution is 7.91. The topological polar surface area (TPSA) is 60.4 Å². The quantitative estimate of drug-likeness (QED) is 0.790. The van der Waals surface area contributed by atoms with Gasteiger partial charge in [-0.15, -0.1) is 0 Å².